The Morgan fingerprint density at radius 1 is 1.19 bits per heavy atom. The summed E-state index contributed by atoms with van der Waals surface area (Å²) in [5, 5.41) is 4.25. The fraction of sp³-hybridized carbons (Fsp3) is 0.439. The molecule has 3 aliphatic carbocycles. The van der Waals surface area contributed by atoms with Crippen LogP contribution in [0.25, 0.3) is 11.0 Å². The second-order valence-corrected chi connectivity index (χ2v) is 18.2. The maximum absolute atomic E-state index is 14.7. The number of hydrogen-bond donors (Lipinski definition) is 2. The van der Waals surface area contributed by atoms with Gasteiger partial charge in [0.25, 0.3) is 0 Å². The summed E-state index contributed by atoms with van der Waals surface area (Å²) in [7, 11) is 5.40. The Kier molecular flexibility index (Phi) is 8.44. The second kappa shape index (κ2) is 12.9. The zero-order chi connectivity index (χ0) is 37.7. The Labute approximate surface area is 320 Å². The molecule has 0 unspecified atom stereocenters. The third kappa shape index (κ3) is 5.25. The average molecular weight is 767 g/mol. The van der Waals surface area contributed by atoms with E-state index in [1.54, 1.807) is 65.9 Å². The largest absolute Gasteiger partial charge is 0.481 e. The first-order valence-electron chi connectivity index (χ1n) is 18.5. The zero-order valence-electron chi connectivity index (χ0n) is 30.5. The molecule has 54 heavy (non-hydrogen) atoms. The molecular formula is C41H42N4O7S2. The van der Waals surface area contributed by atoms with Crippen molar-refractivity contribution < 1.29 is 28.3 Å². The number of pyridine rings is 1. The molecule has 1 saturated carbocycles. The summed E-state index contributed by atoms with van der Waals surface area (Å²) in [6.07, 6.45) is 10.7. The van der Waals surface area contributed by atoms with Crippen LogP contribution in [0.15, 0.2) is 81.2 Å². The van der Waals surface area contributed by atoms with E-state index in [1.807, 2.05) is 37.1 Å². The van der Waals surface area contributed by atoms with Crippen molar-refractivity contribution in [2.24, 2.45) is 11.8 Å². The Hall–Kier alpha value is -4.33. The number of rotatable bonds is 3. The predicted molar refractivity (Wildman–Crippen MR) is 208 cm³/mol. The number of anilines is 1. The van der Waals surface area contributed by atoms with Crippen LogP contribution in [-0.2, 0) is 32.0 Å². The number of ether oxygens (including phenoxy) is 2. The number of allylic oxidation sites excluding steroid dienone is 2. The van der Waals surface area contributed by atoms with Gasteiger partial charge in [-0.25, -0.2) is 14.6 Å². The number of benzene rings is 1. The highest BCUT2D eigenvalue weighted by molar-refractivity contribution is 8.77. The first-order valence-corrected chi connectivity index (χ1v) is 20.9. The van der Waals surface area contributed by atoms with Crippen molar-refractivity contribution in [1.82, 2.24) is 15.2 Å². The highest BCUT2D eigenvalue weighted by Crippen LogP contribution is 2.60. The van der Waals surface area contributed by atoms with Gasteiger partial charge in [0.15, 0.2) is 17.0 Å². The van der Waals surface area contributed by atoms with Crippen molar-refractivity contribution in [3.05, 3.63) is 99.1 Å². The number of aromatic nitrogens is 1. The zero-order valence-corrected chi connectivity index (χ0v) is 32.1. The van der Waals surface area contributed by atoms with Gasteiger partial charge in [-0.3, -0.25) is 9.59 Å². The number of fused-ring (bicyclic) bond motifs is 8. The highest BCUT2D eigenvalue weighted by atomic mass is 33.1. The molecule has 9 atom stereocenters. The Morgan fingerprint density at radius 3 is 2.81 bits per heavy atom. The Morgan fingerprint density at radius 2 is 2.02 bits per heavy atom. The molecule has 3 aromatic rings. The molecule has 280 valence electrons. The van der Waals surface area contributed by atoms with E-state index in [1.165, 1.54) is 6.07 Å². The first-order chi connectivity index (χ1) is 25.9. The molecule has 5 heterocycles. The predicted octanol–water partition coefficient (Wildman–Crippen LogP) is 5.07. The third-order valence-corrected chi connectivity index (χ3v) is 15.6. The topological polar surface area (TPSA) is 154 Å². The van der Waals surface area contributed by atoms with E-state index in [9.17, 15) is 19.2 Å². The maximum Gasteiger partial charge on any atom is 0.336 e. The highest BCUT2D eigenvalue weighted by Gasteiger charge is 2.65. The molecule has 2 bridgehead atoms. The van der Waals surface area contributed by atoms with Gasteiger partial charge in [-0.05, 0) is 75.2 Å². The lowest BCUT2D eigenvalue weighted by Crippen LogP contribution is -2.76. The molecule has 1 saturated heterocycles. The molecular weight excluding hydrogens is 725 g/mol. The Bertz CT molecular complexity index is 2290. The molecule has 6 aliphatic rings. The summed E-state index contributed by atoms with van der Waals surface area (Å²) in [6.45, 7) is 5.46. The summed E-state index contributed by atoms with van der Waals surface area (Å²) in [6, 6.07) is 8.48. The minimum atomic E-state index is -1.19. The molecule has 3 aliphatic heterocycles. The van der Waals surface area contributed by atoms with Crippen LogP contribution in [-0.4, -0.2) is 74.9 Å². The lowest BCUT2D eigenvalue weighted by atomic mass is 9.61. The molecule has 1 amide bonds. The third-order valence-electron chi connectivity index (χ3n) is 12.8. The van der Waals surface area contributed by atoms with Crippen molar-refractivity contribution in [1.29, 1.82) is 0 Å². The van der Waals surface area contributed by atoms with Gasteiger partial charge in [0.05, 0.1) is 24.4 Å². The molecule has 1 spiro atoms. The number of carbonyl (C=O) groups is 3. The van der Waals surface area contributed by atoms with Gasteiger partial charge in [0, 0.05) is 71.0 Å². The lowest BCUT2D eigenvalue weighted by molar-refractivity contribution is -0.183. The van der Waals surface area contributed by atoms with E-state index in [2.05, 4.69) is 16.4 Å². The summed E-state index contributed by atoms with van der Waals surface area (Å²) in [4.78, 5) is 60.5. The van der Waals surface area contributed by atoms with Crippen molar-refractivity contribution >= 4 is 56.0 Å². The monoisotopic (exact) mass is 766 g/mol. The molecule has 2 aromatic heterocycles. The quantitative estimate of drug-likeness (QED) is 0.120. The number of nitrogens with two attached hydrogens (primary N) is 1. The van der Waals surface area contributed by atoms with E-state index >= 15 is 0 Å². The molecule has 3 N–H and O–H groups in total. The number of nitrogen functional groups attached to an aromatic ring is 1. The molecule has 9 rings (SSSR count). The maximum atomic E-state index is 14.7. The molecule has 1 aromatic carbocycles. The fourth-order valence-corrected chi connectivity index (χ4v) is 13.1. The van der Waals surface area contributed by atoms with E-state index in [-0.39, 0.29) is 53.3 Å². The molecule has 0 radical (unpaired) electrons. The van der Waals surface area contributed by atoms with Crippen LogP contribution in [0, 0.1) is 11.8 Å². The van der Waals surface area contributed by atoms with Gasteiger partial charge in [0.1, 0.15) is 17.2 Å². The number of nitrogens with one attached hydrogen (secondary N) is 1. The summed E-state index contributed by atoms with van der Waals surface area (Å²) < 4.78 is 19.3. The summed E-state index contributed by atoms with van der Waals surface area (Å²) >= 11 is 0. The number of carbonyl (C=O) groups excluding carboxylic acids is 3. The standard InChI is InChI=1S/C41H42N4O7S2/c1-5-20(2)39(49)52-40(3)11-10-22-19-53-54-31-14-26-28(46)8-7-27-35(37(26)43-4)38(31)45(27)33(47)13-24-18-44-32(42)15-25(24)36(22)41(40)17-23-12-21-6-9-34(48)50-29(21)16-30(23)51-41/h5-10,12,15-16,18,26-27,31,35-38,43H,11,13-14,17,19H2,1-4H3,(H2,42,44)/b20-5+/t26-,27+,31+,35+,36-,37+,38-,40-,41-/m1/s1. The minimum absolute atomic E-state index is 0.00208. The van der Waals surface area contributed by atoms with Gasteiger partial charge in [-0.15, -0.1) is 0 Å². The average Bonchev–Trinajstić information content (AvgIpc) is 3.50. The van der Waals surface area contributed by atoms with Crippen LogP contribution in [0.3, 0.4) is 0 Å². The number of ketones is 1. The van der Waals surface area contributed by atoms with E-state index in [4.69, 9.17) is 19.6 Å². The van der Waals surface area contributed by atoms with Crippen LogP contribution in [0.5, 0.6) is 5.75 Å². The normalized spacial score (nSPS) is 34.0. The van der Waals surface area contributed by atoms with Crippen molar-refractivity contribution in [3.63, 3.8) is 0 Å². The van der Waals surface area contributed by atoms with Crippen LogP contribution in [0.4, 0.5) is 5.82 Å². The van der Waals surface area contributed by atoms with Crippen LogP contribution in [0.1, 0.15) is 56.2 Å². The SMILES string of the molecule is C/C=C(\C)C(=O)O[C@]1(C)CC=C2CSS[C@H]3C[C@@H]4C(=O)C=C[C@H]5[C@@H]([C@H]4NC)[C@@H]3N5C(=O)Cc3cnc(N)cc3[C@@H]2[C@]12Cc1cc3ccc(=O)oc3cc1O2. The van der Waals surface area contributed by atoms with E-state index in [0.29, 0.717) is 53.3 Å². The van der Waals surface area contributed by atoms with Gasteiger partial charge in [0.2, 0.25) is 5.91 Å². The van der Waals surface area contributed by atoms with Crippen LogP contribution < -0.4 is 21.4 Å². The fourth-order valence-electron chi connectivity index (χ4n) is 10.1. The van der Waals surface area contributed by atoms with Crippen molar-refractivity contribution in [2.75, 3.05) is 18.5 Å². The first kappa shape index (κ1) is 35.4. The van der Waals surface area contributed by atoms with Crippen molar-refractivity contribution in [2.45, 2.75) is 86.9 Å². The number of amides is 1. The number of hydrogen-bond acceptors (Lipinski definition) is 12. The van der Waals surface area contributed by atoms with Gasteiger partial charge >= 0.3 is 11.6 Å². The van der Waals surface area contributed by atoms with Gasteiger partial charge in [-0.2, -0.15) is 0 Å². The molecule has 13 heteroatoms. The van der Waals surface area contributed by atoms with Gasteiger partial charge in [-0.1, -0.05) is 45.4 Å². The van der Waals surface area contributed by atoms with E-state index < -0.39 is 28.7 Å². The smallest absolute Gasteiger partial charge is 0.336 e. The summed E-state index contributed by atoms with van der Waals surface area (Å²) in [5.74, 6) is 0.549. The van der Waals surface area contributed by atoms with Crippen molar-refractivity contribution in [3.8, 4) is 5.75 Å². The van der Waals surface area contributed by atoms with Crippen LogP contribution >= 0.6 is 21.6 Å². The van der Waals surface area contributed by atoms with E-state index in [0.717, 1.165) is 22.1 Å². The number of nitrogens with zero attached hydrogens (tertiary/aromatic N) is 2. The second-order valence-electron chi connectivity index (χ2n) is 15.6. The lowest BCUT2D eigenvalue weighted by Gasteiger charge is -2.62. The number of esters is 1. The molecule has 11 nitrogen and oxygen atoms in total. The van der Waals surface area contributed by atoms with Crippen LogP contribution in [0.2, 0.25) is 0 Å². The summed E-state index contributed by atoms with van der Waals surface area (Å²) in [5.41, 5.74) is 7.97. The molecule has 2 fully saturated rings. The minimum Gasteiger partial charge on any atom is -0.481 e. The van der Waals surface area contributed by atoms with Gasteiger partial charge < -0.3 is 29.8 Å². The Balaban J connectivity index is 1.21.